The van der Waals surface area contributed by atoms with E-state index in [9.17, 15) is 0 Å². The molecule has 3 aromatic rings. The maximum Gasteiger partial charge on any atom is 0.300 e. The molecule has 2 aromatic heterocycles. The van der Waals surface area contributed by atoms with Crippen LogP contribution in [0.4, 0.5) is 11.4 Å². The van der Waals surface area contributed by atoms with Crippen LogP contribution in [-0.4, -0.2) is 65.1 Å². The monoisotopic (exact) mass is 453 g/mol. The van der Waals surface area contributed by atoms with Crippen LogP contribution in [-0.2, 0) is 4.79 Å². The van der Waals surface area contributed by atoms with Gasteiger partial charge in [0.05, 0.1) is 12.8 Å². The van der Waals surface area contributed by atoms with Gasteiger partial charge >= 0.3 is 0 Å². The summed E-state index contributed by atoms with van der Waals surface area (Å²) in [5, 5.41) is 11.8. The van der Waals surface area contributed by atoms with Crippen molar-refractivity contribution in [2.24, 2.45) is 0 Å². The Balaban J connectivity index is 0.000000601. The summed E-state index contributed by atoms with van der Waals surface area (Å²) < 4.78 is 13.4. The van der Waals surface area contributed by atoms with E-state index in [1.54, 1.807) is 17.8 Å². The number of anilines is 2. The summed E-state index contributed by atoms with van der Waals surface area (Å²) in [7, 11) is 1.64. The van der Waals surface area contributed by atoms with Gasteiger partial charge < -0.3 is 24.4 Å². The van der Waals surface area contributed by atoms with Crippen molar-refractivity contribution in [1.29, 1.82) is 0 Å². The molecule has 2 aliphatic heterocycles. The third-order valence-corrected chi connectivity index (χ3v) is 5.92. The van der Waals surface area contributed by atoms with Gasteiger partial charge in [0, 0.05) is 70.1 Å². The third-order valence-electron chi connectivity index (χ3n) is 5.92. The second kappa shape index (κ2) is 10.4. The fourth-order valence-electron chi connectivity index (χ4n) is 4.33. The van der Waals surface area contributed by atoms with E-state index in [2.05, 4.69) is 44.1 Å². The summed E-state index contributed by atoms with van der Waals surface area (Å²) in [6.45, 7) is 5.27. The molecule has 2 aliphatic rings. The lowest BCUT2D eigenvalue weighted by Crippen LogP contribution is -2.38. The quantitative estimate of drug-likeness (QED) is 0.628. The van der Waals surface area contributed by atoms with Crippen molar-refractivity contribution in [3.8, 4) is 11.6 Å². The minimum atomic E-state index is -0.833. The number of hydrogen-bond donors (Lipinski definition) is 1. The Kier molecular flexibility index (Phi) is 7.16. The zero-order chi connectivity index (χ0) is 23.2. The average molecular weight is 454 g/mol. The molecule has 4 heterocycles. The van der Waals surface area contributed by atoms with E-state index in [1.165, 1.54) is 31.6 Å². The number of carboxylic acids is 1. The largest absolute Gasteiger partial charge is 0.490 e. The molecule has 0 bridgehead atoms. The summed E-state index contributed by atoms with van der Waals surface area (Å²) in [5.74, 6) is 0.731. The van der Waals surface area contributed by atoms with Crippen LogP contribution < -0.4 is 19.3 Å². The van der Waals surface area contributed by atoms with Gasteiger partial charge in [-0.25, -0.2) is 9.50 Å². The lowest BCUT2D eigenvalue weighted by Gasteiger charge is -2.33. The highest BCUT2D eigenvalue weighted by Crippen LogP contribution is 2.29. The molecular formula is C24H31N5O4. The van der Waals surface area contributed by atoms with Crippen molar-refractivity contribution in [2.75, 3.05) is 43.1 Å². The second-order valence-corrected chi connectivity index (χ2v) is 8.28. The van der Waals surface area contributed by atoms with Crippen LogP contribution in [0.5, 0.6) is 11.6 Å². The zero-order valence-corrected chi connectivity index (χ0v) is 19.2. The smallest absolute Gasteiger partial charge is 0.300 e. The number of aliphatic carboxylic acids is 1. The van der Waals surface area contributed by atoms with Crippen LogP contribution in [0.3, 0.4) is 0 Å². The number of benzene rings is 1. The summed E-state index contributed by atoms with van der Waals surface area (Å²) in [4.78, 5) is 18.3. The molecule has 0 radical (unpaired) electrons. The first-order valence-corrected chi connectivity index (χ1v) is 11.4. The van der Waals surface area contributed by atoms with E-state index in [0.29, 0.717) is 5.88 Å². The number of carboxylic acid groups (broad SMARTS) is 1. The van der Waals surface area contributed by atoms with Crippen LogP contribution in [0.15, 0.2) is 42.7 Å². The van der Waals surface area contributed by atoms with Gasteiger partial charge in [-0.15, -0.1) is 5.10 Å². The van der Waals surface area contributed by atoms with Gasteiger partial charge in [0.15, 0.2) is 5.65 Å². The molecular weight excluding hydrogens is 422 g/mol. The topological polar surface area (TPSA) is 92.4 Å². The number of nitrogens with zero attached hydrogens (tertiary/aromatic N) is 5. The second-order valence-electron chi connectivity index (χ2n) is 8.28. The number of methoxy groups -OCH3 is 1. The molecule has 33 heavy (non-hydrogen) atoms. The Labute approximate surface area is 193 Å². The van der Waals surface area contributed by atoms with Crippen molar-refractivity contribution in [2.45, 2.75) is 38.7 Å². The lowest BCUT2D eigenvalue weighted by atomic mass is 10.1. The van der Waals surface area contributed by atoms with Crippen molar-refractivity contribution in [3.05, 3.63) is 42.7 Å². The van der Waals surface area contributed by atoms with Gasteiger partial charge in [0.25, 0.3) is 5.97 Å². The molecule has 176 valence electrons. The average Bonchev–Trinajstić information content (AvgIpc) is 3.51. The van der Waals surface area contributed by atoms with E-state index in [1.807, 2.05) is 12.3 Å². The number of carbonyl (C=O) groups is 1. The Morgan fingerprint density at radius 2 is 1.73 bits per heavy atom. The first kappa shape index (κ1) is 22.7. The summed E-state index contributed by atoms with van der Waals surface area (Å²) in [5.41, 5.74) is 3.23. The first-order chi connectivity index (χ1) is 16.0. The van der Waals surface area contributed by atoms with E-state index < -0.39 is 5.97 Å². The molecule has 0 amide bonds. The van der Waals surface area contributed by atoms with Gasteiger partial charge in [-0.3, -0.25) is 4.79 Å². The SMILES string of the molecule is CC(=O)O.COc1cc(N2CCC(Oc3ccc(N4CCCC4)cc3)CC2)c2nccn2n1. The first-order valence-electron chi connectivity index (χ1n) is 11.4. The minimum Gasteiger partial charge on any atom is -0.490 e. The van der Waals surface area contributed by atoms with E-state index >= 15 is 0 Å². The molecule has 0 unspecified atom stereocenters. The highest BCUT2D eigenvalue weighted by Gasteiger charge is 2.23. The molecule has 9 nitrogen and oxygen atoms in total. The molecule has 0 atom stereocenters. The van der Waals surface area contributed by atoms with Gasteiger partial charge in [0.1, 0.15) is 11.9 Å². The number of ether oxygens (including phenoxy) is 2. The van der Waals surface area contributed by atoms with E-state index in [0.717, 1.165) is 49.9 Å². The molecule has 0 spiro atoms. The lowest BCUT2D eigenvalue weighted by molar-refractivity contribution is -0.134. The summed E-state index contributed by atoms with van der Waals surface area (Å²) in [6.07, 6.45) is 8.41. The summed E-state index contributed by atoms with van der Waals surface area (Å²) >= 11 is 0. The number of hydrogen-bond acceptors (Lipinski definition) is 7. The molecule has 0 aliphatic carbocycles. The fourth-order valence-corrected chi connectivity index (χ4v) is 4.33. The third kappa shape index (κ3) is 5.66. The molecule has 1 aromatic carbocycles. The predicted octanol–water partition coefficient (Wildman–Crippen LogP) is 3.48. The van der Waals surface area contributed by atoms with Gasteiger partial charge in [-0.1, -0.05) is 0 Å². The van der Waals surface area contributed by atoms with Crippen molar-refractivity contribution >= 4 is 23.0 Å². The molecule has 2 saturated heterocycles. The summed E-state index contributed by atoms with van der Waals surface area (Å²) in [6, 6.07) is 10.6. The van der Waals surface area contributed by atoms with Crippen molar-refractivity contribution in [1.82, 2.24) is 14.6 Å². The van der Waals surface area contributed by atoms with Crippen LogP contribution in [0.25, 0.3) is 5.65 Å². The molecule has 0 saturated carbocycles. The van der Waals surface area contributed by atoms with E-state index in [-0.39, 0.29) is 6.10 Å². The number of fused-ring (bicyclic) bond motifs is 1. The van der Waals surface area contributed by atoms with E-state index in [4.69, 9.17) is 19.4 Å². The number of aromatic nitrogens is 3. The van der Waals surface area contributed by atoms with Crippen LogP contribution in [0.2, 0.25) is 0 Å². The maximum atomic E-state index is 9.00. The predicted molar refractivity (Wildman–Crippen MR) is 127 cm³/mol. The molecule has 5 rings (SSSR count). The number of piperidine rings is 1. The van der Waals surface area contributed by atoms with Crippen LogP contribution in [0.1, 0.15) is 32.6 Å². The standard InChI is InChI=1S/C22H27N5O2.C2H4O2/c1-28-21-16-20(22-23-10-15-27(22)24-21)26-13-8-19(9-14-26)29-18-6-4-17(5-7-18)25-11-2-3-12-25;1-2(3)4/h4-7,10,15-16,19H,2-3,8-9,11-14H2,1H3;1H3,(H,3,4). The van der Waals surface area contributed by atoms with Gasteiger partial charge in [-0.2, -0.15) is 0 Å². The van der Waals surface area contributed by atoms with Crippen molar-refractivity contribution < 1.29 is 19.4 Å². The Hall–Kier alpha value is -3.49. The normalized spacial score (nSPS) is 16.4. The molecule has 9 heteroatoms. The maximum absolute atomic E-state index is 9.00. The number of rotatable bonds is 5. The van der Waals surface area contributed by atoms with Gasteiger partial charge in [0.2, 0.25) is 5.88 Å². The van der Waals surface area contributed by atoms with Crippen LogP contribution in [0, 0.1) is 0 Å². The van der Waals surface area contributed by atoms with Crippen molar-refractivity contribution in [3.63, 3.8) is 0 Å². The van der Waals surface area contributed by atoms with Crippen LogP contribution >= 0.6 is 0 Å². The number of imidazole rings is 1. The molecule has 1 N–H and O–H groups in total. The minimum absolute atomic E-state index is 0.239. The highest BCUT2D eigenvalue weighted by atomic mass is 16.5. The Morgan fingerprint density at radius 3 is 2.36 bits per heavy atom. The highest BCUT2D eigenvalue weighted by molar-refractivity contribution is 5.69. The van der Waals surface area contributed by atoms with Gasteiger partial charge in [-0.05, 0) is 37.1 Å². The fraction of sp³-hybridized carbons (Fsp3) is 0.458. The Bertz CT molecular complexity index is 1050. The molecule has 2 fully saturated rings. The Morgan fingerprint density at radius 1 is 1.06 bits per heavy atom. The zero-order valence-electron chi connectivity index (χ0n) is 19.2.